The van der Waals surface area contributed by atoms with Gasteiger partial charge in [-0.25, -0.2) is 4.98 Å². The molecule has 0 radical (unpaired) electrons. The quantitative estimate of drug-likeness (QED) is 0.375. The summed E-state index contributed by atoms with van der Waals surface area (Å²) in [6, 6.07) is 15.0. The molecule has 0 saturated heterocycles. The van der Waals surface area contributed by atoms with Crippen molar-refractivity contribution >= 4 is 22.9 Å². The molecule has 1 heterocycles. The van der Waals surface area contributed by atoms with E-state index in [-0.39, 0.29) is 18.4 Å². The van der Waals surface area contributed by atoms with E-state index < -0.39 is 0 Å². The van der Waals surface area contributed by atoms with Gasteiger partial charge in [-0.05, 0) is 44.0 Å². The number of methoxy groups -OCH3 is 1. The predicted molar refractivity (Wildman–Crippen MR) is 119 cm³/mol. The monoisotopic (exact) mass is 423 g/mol. The number of carbonyl (C=O) groups is 2. The van der Waals surface area contributed by atoms with Crippen molar-refractivity contribution in [1.82, 2.24) is 14.9 Å². The third kappa shape index (κ3) is 5.84. The number of carbonyl (C=O) groups excluding carboxylic acids is 2. The molecule has 3 rings (SSSR count). The van der Waals surface area contributed by atoms with Gasteiger partial charge >= 0.3 is 5.97 Å². The highest BCUT2D eigenvalue weighted by Gasteiger charge is 2.14. The van der Waals surface area contributed by atoms with Crippen LogP contribution in [-0.2, 0) is 22.5 Å². The van der Waals surface area contributed by atoms with Gasteiger partial charge in [0.1, 0.15) is 18.1 Å². The Morgan fingerprint density at radius 3 is 2.61 bits per heavy atom. The summed E-state index contributed by atoms with van der Waals surface area (Å²) < 4.78 is 12.3. The second-order valence-corrected chi connectivity index (χ2v) is 7.17. The zero-order chi connectivity index (χ0) is 22.1. The van der Waals surface area contributed by atoms with Crippen molar-refractivity contribution < 1.29 is 19.1 Å². The molecular formula is C24H29N3O4. The van der Waals surface area contributed by atoms with E-state index in [0.29, 0.717) is 24.5 Å². The molecule has 0 unspecified atom stereocenters. The van der Waals surface area contributed by atoms with Crippen molar-refractivity contribution in [2.45, 2.75) is 39.2 Å². The first-order valence-corrected chi connectivity index (χ1v) is 10.6. The summed E-state index contributed by atoms with van der Waals surface area (Å²) in [6.07, 6.45) is 3.47. The summed E-state index contributed by atoms with van der Waals surface area (Å²) in [4.78, 5) is 29.1. The maximum atomic E-state index is 12.3. The number of rotatable bonds is 11. The largest absolute Gasteiger partial charge is 0.496 e. The fraction of sp³-hybridized carbons (Fsp3) is 0.375. The average Bonchev–Trinajstić information content (AvgIpc) is 3.13. The van der Waals surface area contributed by atoms with E-state index >= 15 is 0 Å². The Kier molecular flexibility index (Phi) is 8.04. The van der Waals surface area contributed by atoms with Crippen molar-refractivity contribution in [1.29, 1.82) is 0 Å². The molecule has 7 heteroatoms. The van der Waals surface area contributed by atoms with Crippen molar-refractivity contribution in [2.24, 2.45) is 0 Å². The number of aryl methyl sites for hydroxylation is 1. The molecule has 0 fully saturated rings. The van der Waals surface area contributed by atoms with Gasteiger partial charge in [-0.3, -0.25) is 9.59 Å². The van der Waals surface area contributed by atoms with E-state index in [0.717, 1.165) is 42.5 Å². The Bertz CT molecular complexity index is 1030. The van der Waals surface area contributed by atoms with Gasteiger partial charge in [0.25, 0.3) is 5.91 Å². The number of esters is 1. The molecule has 0 aliphatic carbocycles. The topological polar surface area (TPSA) is 82.5 Å². The number of para-hydroxylation sites is 3. The van der Waals surface area contributed by atoms with Crippen molar-refractivity contribution in [2.75, 3.05) is 20.3 Å². The van der Waals surface area contributed by atoms with Crippen LogP contribution in [0.5, 0.6) is 5.75 Å². The van der Waals surface area contributed by atoms with Gasteiger partial charge in [-0.15, -0.1) is 0 Å². The van der Waals surface area contributed by atoms with Gasteiger partial charge < -0.3 is 19.4 Å². The van der Waals surface area contributed by atoms with Crippen LogP contribution in [0.4, 0.5) is 0 Å². The Hall–Kier alpha value is -3.35. The van der Waals surface area contributed by atoms with Crippen molar-refractivity contribution in [3.8, 4) is 5.75 Å². The minimum atomic E-state index is -0.258. The lowest BCUT2D eigenvalue weighted by Crippen LogP contribution is -2.24. The number of ether oxygens (including phenoxy) is 2. The van der Waals surface area contributed by atoms with E-state index in [1.807, 2.05) is 41.0 Å². The molecular weight excluding hydrogens is 394 g/mol. The first kappa shape index (κ1) is 22.3. The summed E-state index contributed by atoms with van der Waals surface area (Å²) in [7, 11) is 1.56. The second-order valence-electron chi connectivity index (χ2n) is 7.17. The van der Waals surface area contributed by atoms with E-state index in [1.165, 1.54) is 0 Å². The number of unbranched alkanes of at least 4 members (excludes halogenated alkanes) is 2. The molecule has 164 valence electrons. The van der Waals surface area contributed by atoms with Gasteiger partial charge in [0.15, 0.2) is 0 Å². The number of fused-ring (bicyclic) bond motifs is 1. The van der Waals surface area contributed by atoms with Crippen molar-refractivity contribution in [3.63, 3.8) is 0 Å². The number of nitrogens with zero attached hydrogens (tertiary/aromatic N) is 2. The number of amides is 1. The number of hydrogen-bond acceptors (Lipinski definition) is 5. The summed E-state index contributed by atoms with van der Waals surface area (Å²) in [5, 5.41) is 2.94. The highest BCUT2D eigenvalue weighted by Crippen LogP contribution is 2.19. The number of nitrogens with one attached hydrogen (secondary N) is 1. The Morgan fingerprint density at radius 2 is 1.81 bits per heavy atom. The summed E-state index contributed by atoms with van der Waals surface area (Å²) >= 11 is 0. The van der Waals surface area contributed by atoms with Crippen molar-refractivity contribution in [3.05, 3.63) is 59.9 Å². The van der Waals surface area contributed by atoms with Crippen LogP contribution >= 0.6 is 0 Å². The lowest BCUT2D eigenvalue weighted by atomic mass is 10.1. The van der Waals surface area contributed by atoms with Crippen LogP contribution in [-0.4, -0.2) is 41.7 Å². The molecule has 1 amide bonds. The summed E-state index contributed by atoms with van der Waals surface area (Å²) in [6.45, 7) is 2.92. The standard InChI is InChI=1S/C24H29N3O4/c1-3-31-23(28)17-27-20-13-8-7-12-19(20)26-22(27)15-5-4-10-16-25-24(29)18-11-6-9-14-21(18)30-2/h6-9,11-14H,3-5,10,15-17H2,1-2H3,(H,25,29). The van der Waals surface area contributed by atoms with Gasteiger partial charge in [-0.1, -0.05) is 30.7 Å². The minimum absolute atomic E-state index is 0.131. The molecule has 0 saturated carbocycles. The lowest BCUT2D eigenvalue weighted by molar-refractivity contribution is -0.143. The van der Waals surface area contributed by atoms with E-state index in [4.69, 9.17) is 14.5 Å². The normalized spacial score (nSPS) is 10.8. The molecule has 0 atom stereocenters. The van der Waals surface area contributed by atoms with Crippen LogP contribution in [0.2, 0.25) is 0 Å². The van der Waals surface area contributed by atoms with Crippen LogP contribution in [0.15, 0.2) is 48.5 Å². The highest BCUT2D eigenvalue weighted by atomic mass is 16.5. The van der Waals surface area contributed by atoms with Gasteiger partial charge in [0.2, 0.25) is 0 Å². The van der Waals surface area contributed by atoms with Crippen LogP contribution in [0.1, 0.15) is 42.4 Å². The second kappa shape index (κ2) is 11.2. The van der Waals surface area contributed by atoms with Gasteiger partial charge in [0.05, 0.1) is 30.3 Å². The Labute approximate surface area is 182 Å². The fourth-order valence-corrected chi connectivity index (χ4v) is 3.54. The molecule has 0 bridgehead atoms. The fourth-order valence-electron chi connectivity index (χ4n) is 3.54. The zero-order valence-corrected chi connectivity index (χ0v) is 18.1. The van der Waals surface area contributed by atoms with Crippen LogP contribution < -0.4 is 10.1 Å². The molecule has 1 N–H and O–H groups in total. The van der Waals surface area contributed by atoms with E-state index in [1.54, 1.807) is 26.2 Å². The smallest absolute Gasteiger partial charge is 0.326 e. The average molecular weight is 424 g/mol. The predicted octanol–water partition coefficient (Wildman–Crippen LogP) is 3.75. The van der Waals surface area contributed by atoms with Crippen LogP contribution in [0.25, 0.3) is 11.0 Å². The molecule has 31 heavy (non-hydrogen) atoms. The van der Waals surface area contributed by atoms with Gasteiger partial charge in [0, 0.05) is 13.0 Å². The van der Waals surface area contributed by atoms with E-state index in [2.05, 4.69) is 5.32 Å². The SMILES string of the molecule is CCOC(=O)Cn1c(CCCCCNC(=O)c2ccccc2OC)nc2ccccc21. The number of benzene rings is 2. The summed E-state index contributed by atoms with van der Waals surface area (Å²) in [5.41, 5.74) is 2.36. The maximum Gasteiger partial charge on any atom is 0.326 e. The van der Waals surface area contributed by atoms with E-state index in [9.17, 15) is 9.59 Å². The molecule has 0 spiro atoms. The number of imidazole rings is 1. The Balaban J connectivity index is 1.50. The van der Waals surface area contributed by atoms with Crippen LogP contribution in [0.3, 0.4) is 0 Å². The molecule has 0 aliphatic heterocycles. The number of aromatic nitrogens is 2. The first-order chi connectivity index (χ1) is 15.1. The molecule has 0 aliphatic rings. The first-order valence-electron chi connectivity index (χ1n) is 10.6. The molecule has 7 nitrogen and oxygen atoms in total. The molecule has 3 aromatic rings. The zero-order valence-electron chi connectivity index (χ0n) is 18.1. The molecule has 1 aromatic heterocycles. The highest BCUT2D eigenvalue weighted by molar-refractivity contribution is 5.96. The van der Waals surface area contributed by atoms with Gasteiger partial charge in [-0.2, -0.15) is 0 Å². The number of hydrogen-bond donors (Lipinski definition) is 1. The third-order valence-corrected chi connectivity index (χ3v) is 5.04. The third-order valence-electron chi connectivity index (χ3n) is 5.04. The lowest BCUT2D eigenvalue weighted by Gasteiger charge is -2.10. The molecule has 2 aromatic carbocycles. The van der Waals surface area contributed by atoms with Crippen LogP contribution in [0, 0.1) is 0 Å². The maximum absolute atomic E-state index is 12.3. The minimum Gasteiger partial charge on any atom is -0.496 e. The Morgan fingerprint density at radius 1 is 1.03 bits per heavy atom. The summed E-state index contributed by atoms with van der Waals surface area (Å²) in [5.74, 6) is 1.06.